The molecular formula is C14H17FO2. The number of carboxylic acids is 1. The van der Waals surface area contributed by atoms with Gasteiger partial charge >= 0.3 is 5.97 Å². The van der Waals surface area contributed by atoms with Crippen LogP contribution < -0.4 is 0 Å². The second kappa shape index (κ2) is 5.30. The SMILES string of the molecule is O=C(O)Cc1cc(C2CCCCC2)ccc1F. The fourth-order valence-corrected chi connectivity index (χ4v) is 2.58. The highest BCUT2D eigenvalue weighted by Crippen LogP contribution is 2.33. The van der Waals surface area contributed by atoms with Crippen molar-refractivity contribution in [2.75, 3.05) is 0 Å². The number of rotatable bonds is 3. The Morgan fingerprint density at radius 1 is 1.29 bits per heavy atom. The second-order valence-corrected chi connectivity index (χ2v) is 4.76. The molecule has 1 aromatic carbocycles. The van der Waals surface area contributed by atoms with Crippen LogP contribution in [0, 0.1) is 5.82 Å². The van der Waals surface area contributed by atoms with Crippen LogP contribution in [0.15, 0.2) is 18.2 Å². The standard InChI is InChI=1S/C14H17FO2/c15-13-7-6-11(8-12(13)9-14(16)17)10-4-2-1-3-5-10/h6-8,10H,1-5,9H2,(H,16,17). The van der Waals surface area contributed by atoms with Gasteiger partial charge in [0.05, 0.1) is 6.42 Å². The van der Waals surface area contributed by atoms with E-state index in [2.05, 4.69) is 0 Å². The zero-order valence-electron chi connectivity index (χ0n) is 9.79. The van der Waals surface area contributed by atoms with Gasteiger partial charge in [0.25, 0.3) is 0 Å². The van der Waals surface area contributed by atoms with Gasteiger partial charge in [-0.05, 0) is 36.0 Å². The normalized spacial score (nSPS) is 17.0. The first-order valence-electron chi connectivity index (χ1n) is 6.17. The lowest BCUT2D eigenvalue weighted by Crippen LogP contribution is -2.07. The largest absolute Gasteiger partial charge is 0.481 e. The van der Waals surface area contributed by atoms with Crippen LogP contribution in [0.5, 0.6) is 0 Å². The van der Waals surface area contributed by atoms with E-state index in [0.717, 1.165) is 18.4 Å². The van der Waals surface area contributed by atoms with E-state index < -0.39 is 11.8 Å². The molecule has 0 aromatic heterocycles. The van der Waals surface area contributed by atoms with E-state index in [1.807, 2.05) is 0 Å². The summed E-state index contributed by atoms with van der Waals surface area (Å²) < 4.78 is 13.4. The summed E-state index contributed by atoms with van der Waals surface area (Å²) >= 11 is 0. The van der Waals surface area contributed by atoms with Gasteiger partial charge in [0.1, 0.15) is 5.82 Å². The number of aliphatic carboxylic acids is 1. The fourth-order valence-electron chi connectivity index (χ4n) is 2.58. The minimum Gasteiger partial charge on any atom is -0.481 e. The van der Waals surface area contributed by atoms with Gasteiger partial charge in [-0.3, -0.25) is 4.79 Å². The average Bonchev–Trinajstić information content (AvgIpc) is 2.32. The number of carbonyl (C=O) groups is 1. The molecule has 1 fully saturated rings. The average molecular weight is 236 g/mol. The molecular weight excluding hydrogens is 219 g/mol. The van der Waals surface area contributed by atoms with E-state index in [9.17, 15) is 9.18 Å². The molecule has 2 rings (SSSR count). The first-order valence-corrected chi connectivity index (χ1v) is 6.17. The van der Waals surface area contributed by atoms with Crippen LogP contribution in [0.4, 0.5) is 4.39 Å². The lowest BCUT2D eigenvalue weighted by Gasteiger charge is -2.22. The molecule has 0 heterocycles. The van der Waals surface area contributed by atoms with Crippen molar-refractivity contribution in [3.8, 4) is 0 Å². The quantitative estimate of drug-likeness (QED) is 0.872. The molecule has 2 nitrogen and oxygen atoms in total. The Balaban J connectivity index is 2.20. The van der Waals surface area contributed by atoms with Crippen molar-refractivity contribution in [2.45, 2.75) is 44.4 Å². The van der Waals surface area contributed by atoms with E-state index in [-0.39, 0.29) is 6.42 Å². The maximum absolute atomic E-state index is 13.4. The minimum atomic E-state index is -0.982. The first kappa shape index (κ1) is 12.1. The summed E-state index contributed by atoms with van der Waals surface area (Å²) in [6.45, 7) is 0. The predicted molar refractivity (Wildman–Crippen MR) is 63.6 cm³/mol. The van der Waals surface area contributed by atoms with Crippen LogP contribution in [0.1, 0.15) is 49.1 Å². The van der Waals surface area contributed by atoms with E-state index in [0.29, 0.717) is 11.5 Å². The van der Waals surface area contributed by atoms with Crippen LogP contribution in [-0.4, -0.2) is 11.1 Å². The summed E-state index contributed by atoms with van der Waals surface area (Å²) in [7, 11) is 0. The molecule has 3 heteroatoms. The van der Waals surface area contributed by atoms with E-state index >= 15 is 0 Å². The van der Waals surface area contributed by atoms with Gasteiger partial charge in [-0.1, -0.05) is 31.4 Å². The monoisotopic (exact) mass is 236 g/mol. The van der Waals surface area contributed by atoms with Crippen molar-refractivity contribution in [1.82, 2.24) is 0 Å². The summed E-state index contributed by atoms with van der Waals surface area (Å²) in [6.07, 6.45) is 5.76. The molecule has 0 unspecified atom stereocenters. The van der Waals surface area contributed by atoms with Crippen LogP contribution in [0.25, 0.3) is 0 Å². The highest BCUT2D eigenvalue weighted by atomic mass is 19.1. The summed E-state index contributed by atoms with van der Waals surface area (Å²) in [6, 6.07) is 4.94. The van der Waals surface area contributed by atoms with Crippen molar-refractivity contribution in [1.29, 1.82) is 0 Å². The summed E-state index contributed by atoms with van der Waals surface area (Å²) in [5, 5.41) is 8.73. The van der Waals surface area contributed by atoms with Crippen molar-refractivity contribution in [3.63, 3.8) is 0 Å². The minimum absolute atomic E-state index is 0.230. The zero-order valence-corrected chi connectivity index (χ0v) is 9.79. The Hall–Kier alpha value is -1.38. The highest BCUT2D eigenvalue weighted by Gasteiger charge is 2.17. The van der Waals surface area contributed by atoms with Gasteiger partial charge in [-0.25, -0.2) is 4.39 Å². The Labute approximate surface area is 100 Å². The molecule has 0 saturated heterocycles. The zero-order chi connectivity index (χ0) is 12.3. The van der Waals surface area contributed by atoms with Crippen molar-refractivity contribution in [3.05, 3.63) is 35.1 Å². The number of benzene rings is 1. The molecule has 1 aliphatic carbocycles. The van der Waals surface area contributed by atoms with Crippen molar-refractivity contribution < 1.29 is 14.3 Å². The first-order chi connectivity index (χ1) is 8.16. The molecule has 0 aliphatic heterocycles. The van der Waals surface area contributed by atoms with Crippen LogP contribution in [-0.2, 0) is 11.2 Å². The maximum atomic E-state index is 13.4. The molecule has 0 amide bonds. The molecule has 0 bridgehead atoms. The number of hydrogen-bond donors (Lipinski definition) is 1. The molecule has 0 radical (unpaired) electrons. The third-order valence-corrected chi connectivity index (χ3v) is 3.49. The summed E-state index contributed by atoms with van der Waals surface area (Å²) in [5.41, 5.74) is 1.41. The van der Waals surface area contributed by atoms with E-state index in [4.69, 9.17) is 5.11 Å². The van der Waals surface area contributed by atoms with Crippen LogP contribution in [0.3, 0.4) is 0 Å². The Morgan fingerprint density at radius 3 is 2.65 bits per heavy atom. The Morgan fingerprint density at radius 2 is 2.00 bits per heavy atom. The lowest BCUT2D eigenvalue weighted by molar-refractivity contribution is -0.136. The Bertz CT molecular complexity index is 409. The number of hydrogen-bond acceptors (Lipinski definition) is 1. The molecule has 1 N–H and O–H groups in total. The van der Waals surface area contributed by atoms with Crippen molar-refractivity contribution >= 4 is 5.97 Å². The van der Waals surface area contributed by atoms with E-state index in [1.165, 1.54) is 25.3 Å². The molecule has 0 spiro atoms. The van der Waals surface area contributed by atoms with Gasteiger partial charge in [0, 0.05) is 0 Å². The molecule has 1 aromatic rings. The predicted octanol–water partition coefficient (Wildman–Crippen LogP) is 3.50. The molecule has 0 atom stereocenters. The summed E-state index contributed by atoms with van der Waals surface area (Å²) in [5.74, 6) is -0.909. The molecule has 17 heavy (non-hydrogen) atoms. The van der Waals surface area contributed by atoms with Crippen molar-refractivity contribution in [2.24, 2.45) is 0 Å². The van der Waals surface area contributed by atoms with Gasteiger partial charge in [-0.2, -0.15) is 0 Å². The Kier molecular flexibility index (Phi) is 3.77. The summed E-state index contributed by atoms with van der Waals surface area (Å²) in [4.78, 5) is 10.6. The third kappa shape index (κ3) is 3.05. The van der Waals surface area contributed by atoms with Gasteiger partial charge in [0.15, 0.2) is 0 Å². The van der Waals surface area contributed by atoms with E-state index in [1.54, 1.807) is 12.1 Å². The molecule has 1 aliphatic rings. The van der Waals surface area contributed by atoms with Crippen LogP contribution in [0.2, 0.25) is 0 Å². The topological polar surface area (TPSA) is 37.3 Å². The number of carboxylic acid groups (broad SMARTS) is 1. The smallest absolute Gasteiger partial charge is 0.307 e. The molecule has 92 valence electrons. The van der Waals surface area contributed by atoms with Gasteiger partial charge in [0.2, 0.25) is 0 Å². The maximum Gasteiger partial charge on any atom is 0.307 e. The second-order valence-electron chi connectivity index (χ2n) is 4.76. The molecule has 1 saturated carbocycles. The number of halogens is 1. The van der Waals surface area contributed by atoms with Crippen LogP contribution >= 0.6 is 0 Å². The lowest BCUT2D eigenvalue weighted by atomic mass is 9.83. The van der Waals surface area contributed by atoms with Gasteiger partial charge in [-0.15, -0.1) is 0 Å². The highest BCUT2D eigenvalue weighted by molar-refractivity contribution is 5.70. The fraction of sp³-hybridized carbons (Fsp3) is 0.500. The van der Waals surface area contributed by atoms with Gasteiger partial charge < -0.3 is 5.11 Å². The third-order valence-electron chi connectivity index (χ3n) is 3.49.